The van der Waals surface area contributed by atoms with Gasteiger partial charge in [-0.2, -0.15) is 5.10 Å². The van der Waals surface area contributed by atoms with E-state index in [-0.39, 0.29) is 12.6 Å². The lowest BCUT2D eigenvalue weighted by Crippen LogP contribution is -2.40. The highest BCUT2D eigenvalue weighted by Gasteiger charge is 2.47. The van der Waals surface area contributed by atoms with E-state index in [9.17, 15) is 14.7 Å². The summed E-state index contributed by atoms with van der Waals surface area (Å²) in [5.74, 6) is -0.892. The Morgan fingerprint density at radius 1 is 1.44 bits per heavy atom. The molecule has 140 valence electrons. The molecular formula is C18H29N3O4. The van der Waals surface area contributed by atoms with Crippen molar-refractivity contribution in [3.05, 3.63) is 18.0 Å². The third-order valence-corrected chi connectivity index (χ3v) is 4.68. The normalized spacial score (nSPS) is 22.0. The molecule has 0 radical (unpaired) electrons. The molecular weight excluding hydrogens is 322 g/mol. The van der Waals surface area contributed by atoms with Crippen molar-refractivity contribution in [1.82, 2.24) is 14.7 Å². The van der Waals surface area contributed by atoms with Crippen molar-refractivity contribution in [2.75, 3.05) is 13.1 Å². The maximum atomic E-state index is 12.2. The Labute approximate surface area is 148 Å². The topological polar surface area (TPSA) is 84.7 Å². The molecule has 2 unspecified atom stereocenters. The summed E-state index contributed by atoms with van der Waals surface area (Å²) < 4.78 is 7.24. The summed E-state index contributed by atoms with van der Waals surface area (Å²) >= 11 is 0. The standard InChI is InChI=1S/C18H29N3O4/c1-6-13(2)21-9-7-14(19-21)11-18(15(22)23)8-10-20(12-18)16(24)25-17(3,4)5/h7,9,13H,6,8,10-12H2,1-5H3,(H,22,23). The lowest BCUT2D eigenvalue weighted by Gasteiger charge is -2.26. The zero-order valence-corrected chi connectivity index (χ0v) is 15.8. The van der Waals surface area contributed by atoms with Gasteiger partial charge in [-0.3, -0.25) is 9.48 Å². The number of carbonyl (C=O) groups excluding carboxylic acids is 1. The number of aliphatic carboxylic acids is 1. The van der Waals surface area contributed by atoms with E-state index in [0.717, 1.165) is 12.1 Å². The molecule has 1 amide bonds. The van der Waals surface area contributed by atoms with Crippen LogP contribution in [0.25, 0.3) is 0 Å². The number of carbonyl (C=O) groups is 2. The van der Waals surface area contributed by atoms with Gasteiger partial charge in [-0.1, -0.05) is 6.92 Å². The molecule has 2 atom stereocenters. The molecule has 1 aromatic rings. The summed E-state index contributed by atoms with van der Waals surface area (Å²) in [4.78, 5) is 25.7. The van der Waals surface area contributed by atoms with Crippen molar-refractivity contribution in [3.63, 3.8) is 0 Å². The summed E-state index contributed by atoms with van der Waals surface area (Å²) in [5.41, 5.74) is -0.861. The number of carboxylic acid groups (broad SMARTS) is 1. The summed E-state index contributed by atoms with van der Waals surface area (Å²) in [6, 6.07) is 2.14. The number of likely N-dealkylation sites (tertiary alicyclic amines) is 1. The highest BCUT2D eigenvalue weighted by molar-refractivity contribution is 5.78. The van der Waals surface area contributed by atoms with Crippen LogP contribution >= 0.6 is 0 Å². The minimum Gasteiger partial charge on any atom is -0.481 e. The first-order valence-electron chi connectivity index (χ1n) is 8.82. The van der Waals surface area contributed by atoms with E-state index in [4.69, 9.17) is 4.74 Å². The van der Waals surface area contributed by atoms with Crippen molar-refractivity contribution >= 4 is 12.1 Å². The quantitative estimate of drug-likeness (QED) is 0.881. The van der Waals surface area contributed by atoms with Crippen molar-refractivity contribution in [1.29, 1.82) is 0 Å². The smallest absolute Gasteiger partial charge is 0.410 e. The molecule has 0 aromatic carbocycles. The predicted octanol–water partition coefficient (Wildman–Crippen LogP) is 3.11. The van der Waals surface area contributed by atoms with Gasteiger partial charge in [0.25, 0.3) is 0 Å². The zero-order chi connectivity index (χ0) is 18.8. The van der Waals surface area contributed by atoms with Crippen molar-refractivity contribution in [2.45, 2.75) is 65.5 Å². The fraction of sp³-hybridized carbons (Fsp3) is 0.722. The van der Waals surface area contributed by atoms with Crippen molar-refractivity contribution < 1.29 is 19.4 Å². The largest absolute Gasteiger partial charge is 0.481 e. The molecule has 1 aromatic heterocycles. The Balaban J connectivity index is 2.11. The number of hydrogen-bond acceptors (Lipinski definition) is 4. The molecule has 0 bridgehead atoms. The lowest BCUT2D eigenvalue weighted by atomic mass is 9.82. The molecule has 0 spiro atoms. The van der Waals surface area contributed by atoms with E-state index in [1.165, 1.54) is 4.90 Å². The van der Waals surface area contributed by atoms with Crippen LogP contribution in [0, 0.1) is 5.41 Å². The van der Waals surface area contributed by atoms with Gasteiger partial charge in [-0.05, 0) is 46.6 Å². The van der Waals surface area contributed by atoms with Gasteiger partial charge in [0.1, 0.15) is 5.60 Å². The summed E-state index contributed by atoms with van der Waals surface area (Å²) in [6.07, 6.45) is 3.10. The summed E-state index contributed by atoms with van der Waals surface area (Å²) in [6.45, 7) is 10.1. The van der Waals surface area contributed by atoms with Gasteiger partial charge in [0.05, 0.1) is 11.1 Å². The fourth-order valence-electron chi connectivity index (χ4n) is 3.00. The minimum absolute atomic E-state index is 0.146. The Morgan fingerprint density at radius 3 is 2.68 bits per heavy atom. The molecule has 1 aliphatic rings. The molecule has 2 heterocycles. The second kappa shape index (κ2) is 7.06. The van der Waals surface area contributed by atoms with E-state index in [0.29, 0.717) is 19.4 Å². The van der Waals surface area contributed by atoms with E-state index in [2.05, 4.69) is 18.9 Å². The Morgan fingerprint density at radius 2 is 2.12 bits per heavy atom. The molecule has 1 fully saturated rings. The predicted molar refractivity (Wildman–Crippen MR) is 93.4 cm³/mol. The maximum Gasteiger partial charge on any atom is 0.410 e. The number of carboxylic acids is 1. The lowest BCUT2D eigenvalue weighted by molar-refractivity contribution is -0.148. The van der Waals surface area contributed by atoms with Crippen molar-refractivity contribution in [3.8, 4) is 0 Å². The highest BCUT2D eigenvalue weighted by Crippen LogP contribution is 2.35. The number of hydrogen-bond donors (Lipinski definition) is 1. The summed E-state index contributed by atoms with van der Waals surface area (Å²) in [5, 5.41) is 14.3. The minimum atomic E-state index is -1.01. The third kappa shape index (κ3) is 4.52. The van der Waals surface area contributed by atoms with Crippen LogP contribution in [-0.4, -0.2) is 50.5 Å². The van der Waals surface area contributed by atoms with Gasteiger partial charge in [-0.25, -0.2) is 4.79 Å². The van der Waals surface area contributed by atoms with Gasteiger partial charge in [0.2, 0.25) is 0 Å². The fourth-order valence-corrected chi connectivity index (χ4v) is 3.00. The summed E-state index contributed by atoms with van der Waals surface area (Å²) in [7, 11) is 0. The van der Waals surface area contributed by atoms with Crippen LogP contribution < -0.4 is 0 Å². The molecule has 1 N–H and O–H groups in total. The molecule has 7 nitrogen and oxygen atoms in total. The second-order valence-corrected chi connectivity index (χ2v) is 7.96. The Kier molecular flexibility index (Phi) is 5.44. The van der Waals surface area contributed by atoms with Crippen LogP contribution in [0.5, 0.6) is 0 Å². The van der Waals surface area contributed by atoms with Crippen LogP contribution in [0.3, 0.4) is 0 Å². The van der Waals surface area contributed by atoms with Crippen LogP contribution in [0.4, 0.5) is 4.79 Å². The Bertz CT molecular complexity index is 635. The second-order valence-electron chi connectivity index (χ2n) is 7.96. The van der Waals surface area contributed by atoms with Gasteiger partial charge < -0.3 is 14.7 Å². The molecule has 7 heteroatoms. The molecule has 0 saturated carbocycles. The maximum absolute atomic E-state index is 12.2. The van der Waals surface area contributed by atoms with E-state index in [1.54, 1.807) is 20.8 Å². The number of amides is 1. The first kappa shape index (κ1) is 19.3. The van der Waals surface area contributed by atoms with E-state index < -0.39 is 23.1 Å². The molecule has 0 aliphatic carbocycles. The third-order valence-electron chi connectivity index (χ3n) is 4.68. The van der Waals surface area contributed by atoms with Gasteiger partial charge >= 0.3 is 12.1 Å². The monoisotopic (exact) mass is 351 g/mol. The first-order chi connectivity index (χ1) is 11.6. The van der Waals surface area contributed by atoms with Crippen LogP contribution in [0.15, 0.2) is 12.3 Å². The average Bonchev–Trinajstić information content (AvgIpc) is 3.13. The van der Waals surface area contributed by atoms with E-state index >= 15 is 0 Å². The number of rotatable bonds is 5. The zero-order valence-electron chi connectivity index (χ0n) is 15.8. The average molecular weight is 351 g/mol. The SMILES string of the molecule is CCC(C)n1ccc(CC2(C(=O)O)CCN(C(=O)OC(C)(C)C)C2)n1. The number of nitrogens with zero attached hydrogens (tertiary/aromatic N) is 3. The molecule has 2 rings (SSSR count). The Hall–Kier alpha value is -2.05. The first-order valence-corrected chi connectivity index (χ1v) is 8.82. The van der Waals surface area contributed by atoms with Crippen LogP contribution in [-0.2, 0) is 16.0 Å². The van der Waals surface area contributed by atoms with Gasteiger partial charge in [0, 0.05) is 31.7 Å². The highest BCUT2D eigenvalue weighted by atomic mass is 16.6. The number of ether oxygens (including phenoxy) is 1. The van der Waals surface area contributed by atoms with E-state index in [1.807, 2.05) is 16.9 Å². The molecule has 25 heavy (non-hydrogen) atoms. The number of aromatic nitrogens is 2. The van der Waals surface area contributed by atoms with Gasteiger partial charge in [0.15, 0.2) is 0 Å². The molecule has 1 saturated heterocycles. The van der Waals surface area contributed by atoms with Crippen LogP contribution in [0.2, 0.25) is 0 Å². The van der Waals surface area contributed by atoms with Gasteiger partial charge in [-0.15, -0.1) is 0 Å². The van der Waals surface area contributed by atoms with Crippen molar-refractivity contribution in [2.24, 2.45) is 5.41 Å². The molecule has 1 aliphatic heterocycles. The van der Waals surface area contributed by atoms with Crippen LogP contribution in [0.1, 0.15) is 59.2 Å².